The van der Waals surface area contributed by atoms with Gasteiger partial charge >= 0.3 is 0 Å². The summed E-state index contributed by atoms with van der Waals surface area (Å²) in [5.41, 5.74) is -1.17. The summed E-state index contributed by atoms with van der Waals surface area (Å²) in [6.07, 6.45) is 6.97. The van der Waals surface area contributed by atoms with Crippen LogP contribution in [-0.2, 0) is 4.79 Å². The first kappa shape index (κ1) is 16.0. The molecule has 2 N–H and O–H groups in total. The summed E-state index contributed by atoms with van der Waals surface area (Å²) in [4.78, 5) is 13.9. The lowest BCUT2D eigenvalue weighted by Crippen LogP contribution is -2.66. The minimum Gasteiger partial charge on any atom is -0.387 e. The molecule has 4 nitrogen and oxygen atoms in total. The lowest BCUT2D eigenvalue weighted by Gasteiger charge is -2.49. The summed E-state index contributed by atoms with van der Waals surface area (Å²) >= 11 is 0. The van der Waals surface area contributed by atoms with Crippen molar-refractivity contribution < 1.29 is 9.90 Å². The van der Waals surface area contributed by atoms with E-state index in [0.29, 0.717) is 19.6 Å². The number of likely N-dealkylation sites (tertiary alicyclic amines) is 1. The summed E-state index contributed by atoms with van der Waals surface area (Å²) in [6, 6.07) is 0. The molecular weight excluding hydrogens is 240 g/mol. The van der Waals surface area contributed by atoms with Crippen LogP contribution in [0.3, 0.4) is 0 Å². The second-order valence-electron chi connectivity index (χ2n) is 5.89. The van der Waals surface area contributed by atoms with Crippen LogP contribution in [0, 0.1) is 18.3 Å². The van der Waals surface area contributed by atoms with Crippen molar-refractivity contribution in [2.45, 2.75) is 51.7 Å². The van der Waals surface area contributed by atoms with E-state index < -0.39 is 11.1 Å². The van der Waals surface area contributed by atoms with Gasteiger partial charge in [-0.25, -0.2) is 0 Å². The first-order valence-corrected chi connectivity index (χ1v) is 7.04. The largest absolute Gasteiger partial charge is 0.387 e. The molecule has 0 aromatic rings. The Bertz CT molecular complexity index is 361. The number of terminal acetylenes is 1. The minimum atomic E-state index is -0.640. The summed E-state index contributed by atoms with van der Waals surface area (Å²) in [5, 5.41) is 13.1. The molecule has 0 aliphatic carbocycles. The van der Waals surface area contributed by atoms with Gasteiger partial charge in [-0.2, -0.15) is 0 Å². The molecule has 108 valence electrons. The first-order chi connectivity index (χ1) is 8.80. The summed E-state index contributed by atoms with van der Waals surface area (Å²) in [5.74, 6) is 2.84. The van der Waals surface area contributed by atoms with Crippen molar-refractivity contribution in [2.75, 3.05) is 19.6 Å². The van der Waals surface area contributed by atoms with E-state index in [0.717, 1.165) is 12.8 Å². The van der Waals surface area contributed by atoms with Crippen LogP contribution < -0.4 is 5.32 Å². The van der Waals surface area contributed by atoms with Crippen LogP contribution in [0.25, 0.3) is 0 Å². The maximum atomic E-state index is 12.0. The van der Waals surface area contributed by atoms with Gasteiger partial charge in [-0.05, 0) is 18.8 Å². The maximum absolute atomic E-state index is 12.0. The average molecular weight is 266 g/mol. The highest BCUT2D eigenvalue weighted by molar-refractivity contribution is 5.79. The quantitative estimate of drug-likeness (QED) is 0.705. The van der Waals surface area contributed by atoms with Crippen LogP contribution in [0.5, 0.6) is 0 Å². The number of hydrogen-bond donors (Lipinski definition) is 2. The molecule has 1 heterocycles. The molecule has 1 fully saturated rings. The number of carbonyl (C=O) groups is 1. The molecule has 0 bridgehead atoms. The van der Waals surface area contributed by atoms with Crippen LogP contribution in [0.4, 0.5) is 0 Å². The fourth-order valence-electron chi connectivity index (χ4n) is 2.38. The molecule has 0 aromatic carbocycles. The van der Waals surface area contributed by atoms with Crippen molar-refractivity contribution in [2.24, 2.45) is 5.92 Å². The molecule has 4 heteroatoms. The number of aliphatic hydroxyl groups is 1. The molecule has 0 radical (unpaired) electrons. The number of nitrogens with zero attached hydrogens (tertiary/aromatic N) is 1. The number of β-amino-alcohol motifs (C(OH)–C–C–N with tert-alkyl or cyclic N) is 1. The fourth-order valence-corrected chi connectivity index (χ4v) is 2.38. The van der Waals surface area contributed by atoms with Gasteiger partial charge in [0.15, 0.2) is 0 Å². The molecule has 0 atom stereocenters. The van der Waals surface area contributed by atoms with Crippen LogP contribution in [0.2, 0.25) is 0 Å². The van der Waals surface area contributed by atoms with E-state index in [4.69, 9.17) is 6.42 Å². The lowest BCUT2D eigenvalue weighted by atomic mass is 9.83. The molecule has 0 saturated carbocycles. The number of amides is 1. The Balaban J connectivity index is 2.45. The van der Waals surface area contributed by atoms with E-state index in [2.05, 4.69) is 11.2 Å². The molecule has 0 aromatic heterocycles. The second-order valence-corrected chi connectivity index (χ2v) is 5.89. The SMILES string of the molecule is C#CC(CC)(CC)NC(=O)CN1CC(O)(C(C)C)C1. The zero-order chi connectivity index (χ0) is 14.7. The molecule has 1 amide bonds. The predicted molar refractivity (Wildman–Crippen MR) is 76.5 cm³/mol. The standard InChI is InChI=1S/C15H26N2O2/c1-6-14(7-2,8-3)16-13(18)9-17-10-15(19,11-17)12(4)5/h1,12,19H,7-11H2,2-5H3,(H,16,18). The molecule has 19 heavy (non-hydrogen) atoms. The van der Waals surface area contributed by atoms with Crippen molar-refractivity contribution in [3.8, 4) is 12.3 Å². The van der Waals surface area contributed by atoms with Crippen LogP contribution in [-0.4, -0.2) is 46.7 Å². The van der Waals surface area contributed by atoms with Crippen molar-refractivity contribution in [1.29, 1.82) is 0 Å². The fraction of sp³-hybridized carbons (Fsp3) is 0.800. The third kappa shape index (κ3) is 3.49. The first-order valence-electron chi connectivity index (χ1n) is 7.04. The van der Waals surface area contributed by atoms with Gasteiger partial charge in [-0.15, -0.1) is 6.42 Å². The Morgan fingerprint density at radius 2 is 2.00 bits per heavy atom. The third-order valence-corrected chi connectivity index (χ3v) is 4.30. The van der Waals surface area contributed by atoms with E-state index in [1.54, 1.807) is 0 Å². The predicted octanol–water partition coefficient (Wildman–Crippen LogP) is 0.997. The summed E-state index contributed by atoms with van der Waals surface area (Å²) in [6.45, 7) is 9.36. The minimum absolute atomic E-state index is 0.0625. The van der Waals surface area contributed by atoms with Gasteiger partial charge in [0.05, 0.1) is 12.1 Å². The lowest BCUT2D eigenvalue weighted by molar-refractivity contribution is -0.143. The molecule has 1 rings (SSSR count). The smallest absolute Gasteiger partial charge is 0.235 e. The van der Waals surface area contributed by atoms with Gasteiger partial charge in [0, 0.05) is 13.1 Å². The Kier molecular flexibility index (Phi) is 5.00. The molecule has 0 spiro atoms. The van der Waals surface area contributed by atoms with E-state index in [-0.39, 0.29) is 11.8 Å². The topological polar surface area (TPSA) is 52.6 Å². The normalized spacial score (nSPS) is 18.8. The van der Waals surface area contributed by atoms with Crippen LogP contribution in [0.15, 0.2) is 0 Å². The number of carbonyl (C=O) groups excluding carboxylic acids is 1. The summed E-state index contributed by atoms with van der Waals surface area (Å²) in [7, 11) is 0. The van der Waals surface area contributed by atoms with Gasteiger partial charge in [-0.1, -0.05) is 33.6 Å². The van der Waals surface area contributed by atoms with E-state index in [1.165, 1.54) is 0 Å². The molecule has 1 aliphatic rings. The van der Waals surface area contributed by atoms with Gasteiger partial charge in [-0.3, -0.25) is 9.69 Å². The van der Waals surface area contributed by atoms with Crippen molar-refractivity contribution >= 4 is 5.91 Å². The Morgan fingerprint density at radius 3 is 2.37 bits per heavy atom. The molecule has 0 unspecified atom stereocenters. The highest BCUT2D eigenvalue weighted by Crippen LogP contribution is 2.28. The van der Waals surface area contributed by atoms with E-state index in [9.17, 15) is 9.90 Å². The van der Waals surface area contributed by atoms with Gasteiger partial charge in [0.25, 0.3) is 0 Å². The zero-order valence-electron chi connectivity index (χ0n) is 12.5. The van der Waals surface area contributed by atoms with E-state index in [1.807, 2.05) is 32.6 Å². The summed E-state index contributed by atoms with van der Waals surface area (Å²) < 4.78 is 0. The zero-order valence-corrected chi connectivity index (χ0v) is 12.5. The Hall–Kier alpha value is -1.05. The van der Waals surface area contributed by atoms with Crippen LogP contribution in [0.1, 0.15) is 40.5 Å². The van der Waals surface area contributed by atoms with E-state index >= 15 is 0 Å². The van der Waals surface area contributed by atoms with Crippen molar-refractivity contribution in [3.63, 3.8) is 0 Å². The van der Waals surface area contributed by atoms with Gasteiger partial charge in [0.1, 0.15) is 5.54 Å². The highest BCUT2D eigenvalue weighted by Gasteiger charge is 2.44. The van der Waals surface area contributed by atoms with Crippen molar-refractivity contribution in [1.82, 2.24) is 10.2 Å². The third-order valence-electron chi connectivity index (χ3n) is 4.30. The average Bonchev–Trinajstić information content (AvgIpc) is 2.34. The maximum Gasteiger partial charge on any atom is 0.235 e. The van der Waals surface area contributed by atoms with Gasteiger partial charge < -0.3 is 10.4 Å². The monoisotopic (exact) mass is 266 g/mol. The molecule has 1 saturated heterocycles. The number of nitrogens with one attached hydrogen (secondary N) is 1. The number of rotatable bonds is 6. The highest BCUT2D eigenvalue weighted by atomic mass is 16.3. The van der Waals surface area contributed by atoms with Crippen LogP contribution >= 0.6 is 0 Å². The van der Waals surface area contributed by atoms with Gasteiger partial charge in [0.2, 0.25) is 5.91 Å². The Morgan fingerprint density at radius 1 is 1.47 bits per heavy atom. The molecule has 1 aliphatic heterocycles. The van der Waals surface area contributed by atoms with Crippen molar-refractivity contribution in [3.05, 3.63) is 0 Å². The number of hydrogen-bond acceptors (Lipinski definition) is 3. The molecular formula is C15H26N2O2. The Labute approximate surface area is 116 Å². The second kappa shape index (κ2) is 5.94.